The van der Waals surface area contributed by atoms with Gasteiger partial charge in [-0.15, -0.1) is 0 Å². The number of rotatable bonds is 6. The lowest BCUT2D eigenvalue weighted by Gasteiger charge is -2.16. The average Bonchev–Trinajstić information content (AvgIpc) is 2.59. The molecule has 2 aromatic rings. The second-order valence-electron chi connectivity index (χ2n) is 5.05. The Kier molecular flexibility index (Phi) is 5.75. The maximum atomic E-state index is 11.9. The fourth-order valence-electron chi connectivity index (χ4n) is 1.83. The van der Waals surface area contributed by atoms with Gasteiger partial charge in [-0.05, 0) is 48.5 Å². The number of hydrogen-bond donors (Lipinski definition) is 3. The predicted molar refractivity (Wildman–Crippen MR) is 88.3 cm³/mol. The van der Waals surface area contributed by atoms with E-state index < -0.39 is 24.6 Å². The van der Waals surface area contributed by atoms with Crippen molar-refractivity contribution in [3.63, 3.8) is 0 Å². The van der Waals surface area contributed by atoms with E-state index in [4.69, 9.17) is 20.9 Å². The second kappa shape index (κ2) is 7.98. The number of anilines is 2. The van der Waals surface area contributed by atoms with Gasteiger partial charge in [-0.25, -0.2) is 9.59 Å². The Morgan fingerprint density at radius 1 is 0.875 bits per heavy atom. The molecular formula is C17H18N2O5. The molecule has 0 aromatic heterocycles. The van der Waals surface area contributed by atoms with Gasteiger partial charge in [0, 0.05) is 11.4 Å². The molecule has 2 aromatic carbocycles. The molecular weight excluding hydrogens is 312 g/mol. The lowest BCUT2D eigenvalue weighted by Crippen LogP contribution is -2.28. The minimum Gasteiger partial charge on any atom is -0.458 e. The van der Waals surface area contributed by atoms with E-state index in [-0.39, 0.29) is 12.2 Å². The molecule has 7 nitrogen and oxygen atoms in total. The molecule has 0 saturated carbocycles. The van der Waals surface area contributed by atoms with Crippen molar-refractivity contribution in [1.82, 2.24) is 0 Å². The van der Waals surface area contributed by atoms with Crippen molar-refractivity contribution in [3.8, 4) is 0 Å². The van der Waals surface area contributed by atoms with Crippen molar-refractivity contribution in [1.29, 1.82) is 0 Å². The molecule has 0 aliphatic rings. The number of esters is 2. The van der Waals surface area contributed by atoms with Gasteiger partial charge in [-0.2, -0.15) is 0 Å². The van der Waals surface area contributed by atoms with Gasteiger partial charge in [0.1, 0.15) is 6.61 Å². The highest BCUT2D eigenvalue weighted by atomic mass is 16.6. The maximum Gasteiger partial charge on any atom is 0.338 e. The lowest BCUT2D eigenvalue weighted by atomic mass is 10.2. The maximum absolute atomic E-state index is 11.9. The minimum absolute atomic E-state index is 0.263. The van der Waals surface area contributed by atoms with E-state index in [0.717, 1.165) is 0 Å². The molecule has 0 amide bonds. The van der Waals surface area contributed by atoms with Crippen LogP contribution in [0, 0.1) is 0 Å². The predicted octanol–water partition coefficient (Wildman–Crippen LogP) is 1.23. The largest absolute Gasteiger partial charge is 0.458 e. The topological polar surface area (TPSA) is 125 Å². The van der Waals surface area contributed by atoms with Crippen molar-refractivity contribution in [2.24, 2.45) is 0 Å². The summed E-state index contributed by atoms with van der Waals surface area (Å²) in [6, 6.07) is 12.3. The van der Waals surface area contributed by atoms with Gasteiger partial charge in [0.25, 0.3) is 0 Å². The van der Waals surface area contributed by atoms with Crippen molar-refractivity contribution < 1.29 is 24.2 Å². The van der Waals surface area contributed by atoms with E-state index in [9.17, 15) is 14.7 Å². The van der Waals surface area contributed by atoms with Crippen molar-refractivity contribution in [3.05, 3.63) is 59.7 Å². The van der Waals surface area contributed by atoms with Crippen molar-refractivity contribution >= 4 is 23.3 Å². The number of benzene rings is 2. The van der Waals surface area contributed by atoms with Crippen LogP contribution in [0.3, 0.4) is 0 Å². The molecule has 126 valence electrons. The first kappa shape index (κ1) is 17.3. The highest BCUT2D eigenvalue weighted by molar-refractivity contribution is 5.90. The summed E-state index contributed by atoms with van der Waals surface area (Å²) < 4.78 is 10.1. The Hall–Kier alpha value is -3.06. The van der Waals surface area contributed by atoms with E-state index in [0.29, 0.717) is 16.9 Å². The number of hydrogen-bond acceptors (Lipinski definition) is 7. The number of aliphatic hydroxyl groups is 1. The fraction of sp³-hybridized carbons (Fsp3) is 0.176. The molecule has 2 rings (SSSR count). The summed E-state index contributed by atoms with van der Waals surface area (Å²) in [4.78, 5) is 23.8. The summed E-state index contributed by atoms with van der Waals surface area (Å²) in [7, 11) is 0. The average molecular weight is 330 g/mol. The summed E-state index contributed by atoms with van der Waals surface area (Å²) in [5, 5.41) is 9.28. The molecule has 0 spiro atoms. The number of ether oxygens (including phenoxy) is 2. The summed E-state index contributed by atoms with van der Waals surface area (Å²) in [5.74, 6) is -1.24. The first-order valence-electron chi connectivity index (χ1n) is 7.19. The number of carbonyl (C=O) groups excluding carboxylic acids is 2. The molecule has 5 N–H and O–H groups in total. The molecule has 1 unspecified atom stereocenters. The van der Waals surface area contributed by atoms with Crippen LogP contribution in [0.1, 0.15) is 20.7 Å². The molecule has 0 aliphatic heterocycles. The van der Waals surface area contributed by atoms with Crippen LogP contribution in [0.5, 0.6) is 0 Å². The first-order valence-corrected chi connectivity index (χ1v) is 7.19. The Morgan fingerprint density at radius 3 is 1.79 bits per heavy atom. The van der Waals surface area contributed by atoms with E-state index in [1.54, 1.807) is 24.3 Å². The van der Waals surface area contributed by atoms with Crippen LogP contribution in [0.4, 0.5) is 11.4 Å². The standard InChI is InChI=1S/C17H18N2O5/c18-13-5-1-11(2-6-13)16(21)23-10-15(9-20)24-17(22)12-3-7-14(19)8-4-12/h1-8,15,20H,9-10,18-19H2. The van der Waals surface area contributed by atoms with Crippen molar-refractivity contribution in [2.45, 2.75) is 6.10 Å². The normalized spacial score (nSPS) is 11.5. The second-order valence-corrected chi connectivity index (χ2v) is 5.05. The van der Waals surface area contributed by atoms with Crippen LogP contribution in [-0.2, 0) is 9.47 Å². The molecule has 24 heavy (non-hydrogen) atoms. The zero-order valence-corrected chi connectivity index (χ0v) is 12.8. The van der Waals surface area contributed by atoms with E-state index in [1.165, 1.54) is 24.3 Å². The third-order valence-electron chi connectivity index (χ3n) is 3.17. The molecule has 0 bridgehead atoms. The Morgan fingerprint density at radius 2 is 1.33 bits per heavy atom. The summed E-state index contributed by atoms with van der Waals surface area (Å²) >= 11 is 0. The summed E-state index contributed by atoms with van der Waals surface area (Å²) in [5.41, 5.74) is 12.7. The number of nitrogens with two attached hydrogens (primary N) is 2. The number of aliphatic hydroxyl groups excluding tert-OH is 1. The van der Waals surface area contributed by atoms with Crippen LogP contribution in [0.15, 0.2) is 48.5 Å². The van der Waals surface area contributed by atoms with Crippen molar-refractivity contribution in [2.75, 3.05) is 24.7 Å². The fourth-order valence-corrected chi connectivity index (χ4v) is 1.83. The van der Waals surface area contributed by atoms with Crippen LogP contribution in [0.2, 0.25) is 0 Å². The van der Waals surface area contributed by atoms with Gasteiger partial charge in [0.15, 0.2) is 6.10 Å². The third-order valence-corrected chi connectivity index (χ3v) is 3.17. The van der Waals surface area contributed by atoms with Gasteiger partial charge in [0.2, 0.25) is 0 Å². The van der Waals surface area contributed by atoms with E-state index in [2.05, 4.69) is 0 Å². The minimum atomic E-state index is -0.965. The molecule has 0 radical (unpaired) electrons. The SMILES string of the molecule is Nc1ccc(C(=O)OCC(CO)OC(=O)c2ccc(N)cc2)cc1. The first-order chi connectivity index (χ1) is 11.5. The van der Waals surface area contributed by atoms with Gasteiger partial charge < -0.3 is 26.0 Å². The molecule has 0 fully saturated rings. The van der Waals surface area contributed by atoms with Crippen LogP contribution in [0.25, 0.3) is 0 Å². The third kappa shape index (κ3) is 4.72. The Labute approximate surface area is 138 Å². The highest BCUT2D eigenvalue weighted by Crippen LogP contribution is 2.10. The number of nitrogen functional groups attached to an aromatic ring is 2. The summed E-state index contributed by atoms with van der Waals surface area (Å²) in [6.07, 6.45) is -0.965. The quantitative estimate of drug-likeness (QED) is 0.537. The van der Waals surface area contributed by atoms with Crippen LogP contribution in [-0.4, -0.2) is 36.4 Å². The van der Waals surface area contributed by atoms with E-state index in [1.807, 2.05) is 0 Å². The lowest BCUT2D eigenvalue weighted by molar-refractivity contribution is -0.0170. The smallest absolute Gasteiger partial charge is 0.338 e. The Bertz CT molecular complexity index is 698. The molecule has 1 atom stereocenters. The molecule has 0 saturated heterocycles. The molecule has 7 heteroatoms. The van der Waals surface area contributed by atoms with Crippen LogP contribution >= 0.6 is 0 Å². The summed E-state index contributed by atoms with van der Waals surface area (Å²) in [6.45, 7) is -0.740. The van der Waals surface area contributed by atoms with Gasteiger partial charge in [-0.3, -0.25) is 0 Å². The Balaban J connectivity index is 1.89. The van der Waals surface area contributed by atoms with Gasteiger partial charge >= 0.3 is 11.9 Å². The molecule has 0 heterocycles. The highest BCUT2D eigenvalue weighted by Gasteiger charge is 2.18. The van der Waals surface area contributed by atoms with Gasteiger partial charge in [0.05, 0.1) is 17.7 Å². The monoisotopic (exact) mass is 330 g/mol. The van der Waals surface area contributed by atoms with Crippen LogP contribution < -0.4 is 11.5 Å². The van der Waals surface area contributed by atoms with Gasteiger partial charge in [-0.1, -0.05) is 0 Å². The zero-order chi connectivity index (χ0) is 17.5. The number of carbonyl (C=O) groups is 2. The molecule has 0 aliphatic carbocycles. The van der Waals surface area contributed by atoms with E-state index >= 15 is 0 Å². The zero-order valence-electron chi connectivity index (χ0n) is 12.8.